The number of esters is 1. The van der Waals surface area contributed by atoms with E-state index in [0.29, 0.717) is 30.5 Å². The molecule has 0 aromatic heterocycles. The number of Topliss-reactive ketones (excluding diaryl/α,β-unsaturated/α-hetero) is 1. The van der Waals surface area contributed by atoms with Gasteiger partial charge in [-0.1, -0.05) is 25.5 Å². The van der Waals surface area contributed by atoms with Gasteiger partial charge in [0.2, 0.25) is 0 Å². The molecule has 6 atom stereocenters. The fourth-order valence-electron chi connectivity index (χ4n) is 5.66. The summed E-state index contributed by atoms with van der Waals surface area (Å²) < 4.78 is 5.68. The Balaban J connectivity index is 1.80. The van der Waals surface area contributed by atoms with Crippen molar-refractivity contribution in [3.63, 3.8) is 0 Å². The lowest BCUT2D eigenvalue weighted by atomic mass is 9.57. The van der Waals surface area contributed by atoms with Crippen LogP contribution in [0.15, 0.2) is 11.6 Å². The van der Waals surface area contributed by atoms with Gasteiger partial charge in [0.15, 0.2) is 0 Å². The number of ketones is 1. The molecule has 0 bridgehead atoms. The number of allylic oxidation sites excluding steroid dienone is 2. The Labute approximate surface area is 139 Å². The summed E-state index contributed by atoms with van der Waals surface area (Å²) in [5, 5.41) is 0. The zero-order chi connectivity index (χ0) is 16.8. The third-order valence-electron chi connectivity index (χ3n) is 6.78. The van der Waals surface area contributed by atoms with Crippen molar-refractivity contribution in [2.24, 2.45) is 29.1 Å². The van der Waals surface area contributed by atoms with Crippen LogP contribution in [0.3, 0.4) is 0 Å². The molecule has 3 unspecified atom stereocenters. The average molecular weight is 318 g/mol. The van der Waals surface area contributed by atoms with Gasteiger partial charge in [-0.05, 0) is 56.8 Å². The van der Waals surface area contributed by atoms with E-state index in [0.717, 1.165) is 19.3 Å². The van der Waals surface area contributed by atoms with Crippen molar-refractivity contribution in [3.05, 3.63) is 11.6 Å². The molecule has 3 aliphatic rings. The minimum atomic E-state index is -0.160. The maximum atomic E-state index is 12.3. The molecule has 0 N–H and O–H groups in total. The number of hydrogen-bond acceptors (Lipinski definition) is 3. The summed E-state index contributed by atoms with van der Waals surface area (Å²) in [7, 11) is 0. The van der Waals surface area contributed by atoms with E-state index in [1.165, 1.54) is 12.0 Å². The second kappa shape index (κ2) is 6.07. The maximum absolute atomic E-state index is 12.3. The van der Waals surface area contributed by atoms with Gasteiger partial charge < -0.3 is 4.74 Å². The number of hydrogen-bond donors (Lipinski definition) is 0. The Morgan fingerprint density at radius 1 is 1.39 bits per heavy atom. The highest BCUT2D eigenvalue weighted by Crippen LogP contribution is 2.61. The minimum absolute atomic E-state index is 0.0218. The van der Waals surface area contributed by atoms with Gasteiger partial charge in [0, 0.05) is 18.3 Å². The molecule has 0 spiro atoms. The van der Waals surface area contributed by atoms with Crippen LogP contribution in [0.4, 0.5) is 0 Å². The molecule has 0 aromatic rings. The highest BCUT2D eigenvalue weighted by Gasteiger charge is 2.62. The lowest BCUT2D eigenvalue weighted by molar-refractivity contribution is -0.171. The Morgan fingerprint density at radius 3 is 2.83 bits per heavy atom. The van der Waals surface area contributed by atoms with Gasteiger partial charge in [-0.3, -0.25) is 9.59 Å². The van der Waals surface area contributed by atoms with Gasteiger partial charge in [-0.2, -0.15) is 0 Å². The van der Waals surface area contributed by atoms with Crippen molar-refractivity contribution < 1.29 is 14.3 Å². The van der Waals surface area contributed by atoms with Crippen molar-refractivity contribution in [2.45, 2.75) is 72.3 Å². The Kier molecular flexibility index (Phi) is 4.41. The number of carbonyl (C=O) groups is 2. The smallest absolute Gasteiger partial charge is 0.306 e. The number of rotatable bonds is 4. The molecule has 3 fully saturated rings. The summed E-state index contributed by atoms with van der Waals surface area (Å²) in [5.41, 5.74) is 1.54. The predicted octanol–water partition coefficient (Wildman–Crippen LogP) is 4.31. The first-order chi connectivity index (χ1) is 10.8. The van der Waals surface area contributed by atoms with Crippen molar-refractivity contribution in [1.82, 2.24) is 0 Å². The fourth-order valence-corrected chi connectivity index (χ4v) is 5.66. The lowest BCUT2D eigenvalue weighted by Crippen LogP contribution is -2.49. The summed E-state index contributed by atoms with van der Waals surface area (Å²) in [6.07, 6.45) is 7.47. The number of carbonyl (C=O) groups excluding carboxylic acids is 2. The topological polar surface area (TPSA) is 43.4 Å². The number of ether oxygens (including phenoxy) is 1. The van der Waals surface area contributed by atoms with Crippen LogP contribution in [0.1, 0.15) is 66.2 Å². The van der Waals surface area contributed by atoms with E-state index >= 15 is 0 Å². The molecule has 3 nitrogen and oxygen atoms in total. The van der Waals surface area contributed by atoms with Crippen molar-refractivity contribution >= 4 is 11.8 Å². The molecule has 1 heterocycles. The Morgan fingerprint density at radius 2 is 2.13 bits per heavy atom. The zero-order valence-corrected chi connectivity index (χ0v) is 14.9. The SMILES string of the molecule is CC(C)=CCCC(C)[C@@H]1C[C@@H]2OC(=O)CC3C(=O)CC[C@@]1(C)C32. The van der Waals surface area contributed by atoms with Crippen LogP contribution in [0.5, 0.6) is 0 Å². The molecule has 3 rings (SSSR count). The summed E-state index contributed by atoms with van der Waals surface area (Å²) >= 11 is 0. The van der Waals surface area contributed by atoms with Crippen molar-refractivity contribution in [3.8, 4) is 0 Å². The summed E-state index contributed by atoms with van der Waals surface area (Å²) in [4.78, 5) is 24.2. The molecule has 1 saturated heterocycles. The standard InChI is InChI=1S/C20H30O3/c1-12(2)6-5-7-13(3)15-11-17-19-14(10-18(22)23-17)16(21)8-9-20(15,19)4/h6,13-15,17,19H,5,7-11H2,1-4H3/t13?,14?,15-,17-,19?,20+/m0/s1. The predicted molar refractivity (Wildman–Crippen MR) is 89.8 cm³/mol. The summed E-state index contributed by atoms with van der Waals surface area (Å²) in [6, 6.07) is 0. The molecule has 0 aromatic carbocycles. The van der Waals surface area contributed by atoms with Gasteiger partial charge in [0.05, 0.1) is 6.42 Å². The van der Waals surface area contributed by atoms with Crippen LogP contribution in [0.2, 0.25) is 0 Å². The van der Waals surface area contributed by atoms with Crippen molar-refractivity contribution in [1.29, 1.82) is 0 Å². The van der Waals surface area contributed by atoms with E-state index in [4.69, 9.17) is 4.74 Å². The van der Waals surface area contributed by atoms with Crippen LogP contribution in [-0.2, 0) is 14.3 Å². The molecule has 1 aliphatic heterocycles. The minimum Gasteiger partial charge on any atom is -0.462 e. The third-order valence-corrected chi connectivity index (χ3v) is 6.78. The van der Waals surface area contributed by atoms with E-state index in [1.807, 2.05) is 0 Å². The molecule has 2 saturated carbocycles. The molecular formula is C20H30O3. The van der Waals surface area contributed by atoms with E-state index in [2.05, 4.69) is 33.8 Å². The van der Waals surface area contributed by atoms with Gasteiger partial charge in [0.1, 0.15) is 11.9 Å². The normalized spacial score (nSPS) is 40.3. The highest BCUT2D eigenvalue weighted by atomic mass is 16.5. The molecular weight excluding hydrogens is 288 g/mol. The van der Waals surface area contributed by atoms with Crippen LogP contribution < -0.4 is 0 Å². The molecule has 23 heavy (non-hydrogen) atoms. The fraction of sp³-hybridized carbons (Fsp3) is 0.800. The lowest BCUT2D eigenvalue weighted by Gasteiger charge is -2.47. The highest BCUT2D eigenvalue weighted by molar-refractivity contribution is 5.87. The molecule has 128 valence electrons. The van der Waals surface area contributed by atoms with E-state index in [1.54, 1.807) is 0 Å². The first-order valence-corrected chi connectivity index (χ1v) is 9.18. The van der Waals surface area contributed by atoms with Gasteiger partial charge in [-0.25, -0.2) is 0 Å². The van der Waals surface area contributed by atoms with Crippen LogP contribution in [0.25, 0.3) is 0 Å². The monoisotopic (exact) mass is 318 g/mol. The largest absolute Gasteiger partial charge is 0.462 e. The van der Waals surface area contributed by atoms with E-state index in [9.17, 15) is 9.59 Å². The summed E-state index contributed by atoms with van der Waals surface area (Å²) in [6.45, 7) is 9.00. The third kappa shape index (κ3) is 2.88. The second-order valence-electron chi connectivity index (χ2n) is 8.52. The Hall–Kier alpha value is -1.12. The van der Waals surface area contributed by atoms with Gasteiger partial charge >= 0.3 is 5.97 Å². The van der Waals surface area contributed by atoms with Crippen molar-refractivity contribution in [2.75, 3.05) is 0 Å². The first kappa shape index (κ1) is 16.7. The average Bonchev–Trinajstić information content (AvgIpc) is 2.76. The second-order valence-corrected chi connectivity index (χ2v) is 8.52. The molecule has 0 amide bonds. The molecule has 2 aliphatic carbocycles. The Bertz CT molecular complexity index is 531. The van der Waals surface area contributed by atoms with Crippen LogP contribution >= 0.6 is 0 Å². The molecule has 3 heteroatoms. The van der Waals surface area contributed by atoms with Gasteiger partial charge in [-0.15, -0.1) is 0 Å². The maximum Gasteiger partial charge on any atom is 0.306 e. The van der Waals surface area contributed by atoms with Gasteiger partial charge in [0.25, 0.3) is 0 Å². The molecule has 0 radical (unpaired) electrons. The van der Waals surface area contributed by atoms with Crippen LogP contribution in [-0.4, -0.2) is 17.9 Å². The van der Waals surface area contributed by atoms with Crippen LogP contribution in [0, 0.1) is 29.1 Å². The quantitative estimate of drug-likeness (QED) is 0.573. The van der Waals surface area contributed by atoms with E-state index in [-0.39, 0.29) is 29.3 Å². The first-order valence-electron chi connectivity index (χ1n) is 9.18. The summed E-state index contributed by atoms with van der Waals surface area (Å²) in [5.74, 6) is 1.49. The van der Waals surface area contributed by atoms with E-state index < -0.39 is 0 Å². The zero-order valence-electron chi connectivity index (χ0n) is 14.9.